The summed E-state index contributed by atoms with van der Waals surface area (Å²) in [6.07, 6.45) is 3.07. The van der Waals surface area contributed by atoms with Crippen molar-refractivity contribution in [3.05, 3.63) is 0 Å². The van der Waals surface area contributed by atoms with E-state index < -0.39 is 0 Å². The summed E-state index contributed by atoms with van der Waals surface area (Å²) in [6, 6.07) is 0.363. The van der Waals surface area contributed by atoms with E-state index in [1.54, 1.807) is 0 Å². The average molecular weight is 270 g/mol. The van der Waals surface area contributed by atoms with E-state index in [0.29, 0.717) is 12.0 Å². The quantitative estimate of drug-likeness (QED) is 0.719. The van der Waals surface area contributed by atoms with Crippen LogP contribution in [0.1, 0.15) is 47.0 Å². The standard InChI is InChI=1S/C15H30N2O2/c1-11(2)10-17(5)9-8-13-6-7-14(16-13)15(18)19-12(3)4/h11-14,16H,6-10H2,1-5H3. The first kappa shape index (κ1) is 16.4. The molecule has 112 valence electrons. The van der Waals surface area contributed by atoms with Crippen molar-refractivity contribution in [2.75, 3.05) is 20.1 Å². The van der Waals surface area contributed by atoms with Crippen molar-refractivity contribution < 1.29 is 9.53 Å². The molecule has 1 fully saturated rings. The molecule has 1 rings (SSSR count). The van der Waals surface area contributed by atoms with Gasteiger partial charge in [0, 0.05) is 12.6 Å². The summed E-state index contributed by atoms with van der Waals surface area (Å²) in [7, 11) is 2.17. The minimum Gasteiger partial charge on any atom is -0.462 e. The number of carbonyl (C=O) groups is 1. The smallest absolute Gasteiger partial charge is 0.323 e. The van der Waals surface area contributed by atoms with Crippen molar-refractivity contribution in [1.29, 1.82) is 0 Å². The molecule has 0 saturated carbocycles. The van der Waals surface area contributed by atoms with Gasteiger partial charge in [0.1, 0.15) is 6.04 Å². The highest BCUT2D eigenvalue weighted by Gasteiger charge is 2.30. The van der Waals surface area contributed by atoms with E-state index in [1.165, 1.54) is 0 Å². The van der Waals surface area contributed by atoms with Gasteiger partial charge in [-0.1, -0.05) is 13.8 Å². The molecule has 4 nitrogen and oxygen atoms in total. The van der Waals surface area contributed by atoms with Crippen LogP contribution in [-0.4, -0.2) is 49.2 Å². The molecule has 0 amide bonds. The van der Waals surface area contributed by atoms with Gasteiger partial charge in [0.2, 0.25) is 0 Å². The maximum Gasteiger partial charge on any atom is 0.323 e. The van der Waals surface area contributed by atoms with Crippen LogP contribution in [-0.2, 0) is 9.53 Å². The van der Waals surface area contributed by atoms with E-state index in [2.05, 4.69) is 31.1 Å². The Balaban J connectivity index is 2.23. The Bertz CT molecular complexity index is 279. The second-order valence-electron chi connectivity index (χ2n) is 6.42. The lowest BCUT2D eigenvalue weighted by Gasteiger charge is -2.21. The molecular formula is C15H30N2O2. The van der Waals surface area contributed by atoms with E-state index in [9.17, 15) is 4.79 Å². The van der Waals surface area contributed by atoms with Crippen LogP contribution in [0.25, 0.3) is 0 Å². The van der Waals surface area contributed by atoms with Gasteiger partial charge in [-0.15, -0.1) is 0 Å². The third kappa shape index (κ3) is 6.39. The Kier molecular flexibility index (Phi) is 6.80. The summed E-state index contributed by atoms with van der Waals surface area (Å²) >= 11 is 0. The molecule has 1 N–H and O–H groups in total. The summed E-state index contributed by atoms with van der Waals surface area (Å²) in [4.78, 5) is 14.2. The number of hydrogen-bond donors (Lipinski definition) is 1. The molecule has 0 aromatic rings. The topological polar surface area (TPSA) is 41.6 Å². The molecule has 1 heterocycles. The Labute approximate surface area is 117 Å². The van der Waals surface area contributed by atoms with Crippen molar-refractivity contribution in [2.24, 2.45) is 5.92 Å². The third-order valence-electron chi connectivity index (χ3n) is 3.41. The van der Waals surface area contributed by atoms with Gasteiger partial charge in [-0.05, 0) is 52.6 Å². The van der Waals surface area contributed by atoms with Crippen molar-refractivity contribution in [3.8, 4) is 0 Å². The SMILES string of the molecule is CC(C)CN(C)CCC1CCC(C(=O)OC(C)C)N1. The van der Waals surface area contributed by atoms with Crippen molar-refractivity contribution in [3.63, 3.8) is 0 Å². The van der Waals surface area contributed by atoms with E-state index in [4.69, 9.17) is 4.74 Å². The number of nitrogens with one attached hydrogen (secondary N) is 1. The van der Waals surface area contributed by atoms with Gasteiger partial charge in [-0.2, -0.15) is 0 Å². The fourth-order valence-corrected chi connectivity index (χ4v) is 2.64. The highest BCUT2D eigenvalue weighted by Crippen LogP contribution is 2.17. The Morgan fingerprint density at radius 1 is 1.32 bits per heavy atom. The zero-order valence-corrected chi connectivity index (χ0v) is 13.1. The second-order valence-corrected chi connectivity index (χ2v) is 6.42. The Morgan fingerprint density at radius 2 is 2.00 bits per heavy atom. The lowest BCUT2D eigenvalue weighted by Crippen LogP contribution is -2.39. The maximum atomic E-state index is 11.8. The number of rotatable bonds is 7. The van der Waals surface area contributed by atoms with E-state index >= 15 is 0 Å². The monoisotopic (exact) mass is 270 g/mol. The van der Waals surface area contributed by atoms with Crippen LogP contribution in [0.3, 0.4) is 0 Å². The predicted molar refractivity (Wildman–Crippen MR) is 78.1 cm³/mol. The molecular weight excluding hydrogens is 240 g/mol. The average Bonchev–Trinajstić information content (AvgIpc) is 2.73. The summed E-state index contributed by atoms with van der Waals surface area (Å²) < 4.78 is 5.25. The molecule has 0 radical (unpaired) electrons. The minimum absolute atomic E-state index is 0.0227. The summed E-state index contributed by atoms with van der Waals surface area (Å²) in [5, 5.41) is 3.40. The summed E-state index contributed by atoms with van der Waals surface area (Å²) in [6.45, 7) is 10.5. The minimum atomic E-state index is -0.0946. The molecule has 4 heteroatoms. The molecule has 19 heavy (non-hydrogen) atoms. The van der Waals surface area contributed by atoms with Crippen LogP contribution in [0, 0.1) is 5.92 Å². The van der Waals surface area contributed by atoms with Crippen LogP contribution in [0.15, 0.2) is 0 Å². The van der Waals surface area contributed by atoms with Crippen LogP contribution in [0.2, 0.25) is 0 Å². The summed E-state index contributed by atoms with van der Waals surface area (Å²) in [5.41, 5.74) is 0. The lowest BCUT2D eigenvalue weighted by molar-refractivity contribution is -0.149. The van der Waals surface area contributed by atoms with Gasteiger partial charge < -0.3 is 15.0 Å². The largest absolute Gasteiger partial charge is 0.462 e. The van der Waals surface area contributed by atoms with Crippen LogP contribution in [0.4, 0.5) is 0 Å². The molecule has 0 bridgehead atoms. The number of nitrogens with zero attached hydrogens (tertiary/aromatic N) is 1. The van der Waals surface area contributed by atoms with Crippen molar-refractivity contribution in [2.45, 2.75) is 65.1 Å². The number of ether oxygens (including phenoxy) is 1. The van der Waals surface area contributed by atoms with Gasteiger partial charge in [-0.3, -0.25) is 4.79 Å². The first-order chi connectivity index (χ1) is 8.88. The Morgan fingerprint density at radius 3 is 2.58 bits per heavy atom. The zero-order chi connectivity index (χ0) is 14.4. The molecule has 0 aromatic heterocycles. The van der Waals surface area contributed by atoms with Gasteiger partial charge in [0.25, 0.3) is 0 Å². The van der Waals surface area contributed by atoms with E-state index in [1.807, 2.05) is 13.8 Å². The van der Waals surface area contributed by atoms with Gasteiger partial charge >= 0.3 is 5.97 Å². The zero-order valence-electron chi connectivity index (χ0n) is 13.1. The number of carbonyl (C=O) groups excluding carboxylic acids is 1. The highest BCUT2D eigenvalue weighted by molar-refractivity contribution is 5.76. The number of esters is 1. The maximum absolute atomic E-state index is 11.8. The van der Waals surface area contributed by atoms with Gasteiger partial charge in [-0.25, -0.2) is 0 Å². The molecule has 2 atom stereocenters. The molecule has 2 unspecified atom stereocenters. The number of hydrogen-bond acceptors (Lipinski definition) is 4. The van der Waals surface area contributed by atoms with E-state index in [0.717, 1.165) is 32.4 Å². The molecule has 1 saturated heterocycles. The highest BCUT2D eigenvalue weighted by atomic mass is 16.5. The van der Waals surface area contributed by atoms with Crippen molar-refractivity contribution in [1.82, 2.24) is 10.2 Å². The molecule has 1 aliphatic heterocycles. The molecule has 1 aliphatic rings. The molecule has 0 aliphatic carbocycles. The molecule has 0 spiro atoms. The third-order valence-corrected chi connectivity index (χ3v) is 3.41. The van der Waals surface area contributed by atoms with Crippen LogP contribution < -0.4 is 5.32 Å². The van der Waals surface area contributed by atoms with Gasteiger partial charge in [0.15, 0.2) is 0 Å². The fraction of sp³-hybridized carbons (Fsp3) is 0.933. The fourth-order valence-electron chi connectivity index (χ4n) is 2.64. The lowest BCUT2D eigenvalue weighted by atomic mass is 10.1. The van der Waals surface area contributed by atoms with Crippen LogP contribution >= 0.6 is 0 Å². The predicted octanol–water partition coefficient (Wildman–Crippen LogP) is 2.04. The van der Waals surface area contributed by atoms with E-state index in [-0.39, 0.29) is 18.1 Å². The first-order valence-electron chi connectivity index (χ1n) is 7.53. The first-order valence-corrected chi connectivity index (χ1v) is 7.53. The normalized spacial score (nSPS) is 23.6. The Hall–Kier alpha value is -0.610. The summed E-state index contributed by atoms with van der Waals surface area (Å²) in [5.74, 6) is 0.614. The van der Waals surface area contributed by atoms with Crippen molar-refractivity contribution >= 4 is 5.97 Å². The van der Waals surface area contributed by atoms with Gasteiger partial charge in [0.05, 0.1) is 6.10 Å². The second kappa shape index (κ2) is 7.85. The van der Waals surface area contributed by atoms with Crippen LogP contribution in [0.5, 0.6) is 0 Å². The molecule has 0 aromatic carbocycles.